The highest BCUT2D eigenvalue weighted by Gasteiger charge is 2.09. The molecule has 0 saturated carbocycles. The largest absolute Gasteiger partial charge is 0.478 e. The lowest BCUT2D eigenvalue weighted by Crippen LogP contribution is -2.27. The number of hydrogen-bond acceptors (Lipinski definition) is 2. The molecule has 0 radical (unpaired) electrons. The van der Waals surface area contributed by atoms with E-state index >= 15 is 0 Å². The van der Waals surface area contributed by atoms with Crippen LogP contribution in [-0.2, 0) is 6.54 Å². The second-order valence-corrected chi connectivity index (χ2v) is 5.11. The van der Waals surface area contributed by atoms with Crippen molar-refractivity contribution in [1.82, 2.24) is 5.32 Å². The van der Waals surface area contributed by atoms with Gasteiger partial charge in [-0.2, -0.15) is 0 Å². The van der Waals surface area contributed by atoms with Gasteiger partial charge in [-0.1, -0.05) is 41.9 Å². The molecule has 0 atom stereocenters. The Bertz CT molecular complexity index is 662. The molecule has 0 fully saturated rings. The fraction of sp³-hybridized carbons (Fsp3) is 0.0667. The third-order valence-corrected chi connectivity index (χ3v) is 3.31. The van der Waals surface area contributed by atoms with Gasteiger partial charge in [0.15, 0.2) is 5.11 Å². The zero-order valence-electron chi connectivity index (χ0n) is 11.0. The Balaban J connectivity index is 1.94. The van der Waals surface area contributed by atoms with Crippen LogP contribution in [0.5, 0.6) is 0 Å². The van der Waals surface area contributed by atoms with E-state index in [0.717, 1.165) is 5.56 Å². The van der Waals surface area contributed by atoms with Crippen molar-refractivity contribution in [3.8, 4) is 0 Å². The molecule has 0 saturated heterocycles. The molecule has 0 bridgehead atoms. The lowest BCUT2D eigenvalue weighted by molar-refractivity contribution is 0.0697. The van der Waals surface area contributed by atoms with Gasteiger partial charge in [-0.25, -0.2) is 4.79 Å². The molecule has 108 valence electrons. The van der Waals surface area contributed by atoms with Gasteiger partial charge in [0.05, 0.1) is 10.6 Å². The first-order valence-corrected chi connectivity index (χ1v) is 6.96. The van der Waals surface area contributed by atoms with E-state index in [2.05, 4.69) is 10.6 Å². The quantitative estimate of drug-likeness (QED) is 0.752. The summed E-state index contributed by atoms with van der Waals surface area (Å²) in [6, 6.07) is 14.4. The molecule has 0 spiro atoms. The zero-order valence-corrected chi connectivity index (χ0v) is 12.5. The summed E-state index contributed by atoms with van der Waals surface area (Å²) >= 11 is 11.1. The first-order valence-electron chi connectivity index (χ1n) is 6.18. The topological polar surface area (TPSA) is 61.4 Å². The summed E-state index contributed by atoms with van der Waals surface area (Å²) in [5, 5.41) is 15.5. The van der Waals surface area contributed by atoms with Gasteiger partial charge >= 0.3 is 5.97 Å². The minimum absolute atomic E-state index is 0.0605. The Hall–Kier alpha value is -2.11. The van der Waals surface area contributed by atoms with Crippen molar-refractivity contribution in [2.45, 2.75) is 6.54 Å². The first kappa shape index (κ1) is 15.3. The molecule has 2 aromatic rings. The molecule has 2 rings (SSSR count). The maximum Gasteiger partial charge on any atom is 0.337 e. The minimum Gasteiger partial charge on any atom is -0.478 e. The third kappa shape index (κ3) is 4.44. The van der Waals surface area contributed by atoms with Crippen molar-refractivity contribution in [3.05, 3.63) is 64.7 Å². The predicted octanol–water partition coefficient (Wildman–Crippen LogP) is 3.52. The number of carbonyl (C=O) groups is 1. The molecule has 0 aliphatic carbocycles. The van der Waals surface area contributed by atoms with E-state index in [0.29, 0.717) is 17.3 Å². The first-order chi connectivity index (χ1) is 10.1. The number of nitrogens with one attached hydrogen (secondary N) is 2. The SMILES string of the molecule is O=C(O)c1ccc(NC(=S)NCc2ccccc2)cc1Cl. The van der Waals surface area contributed by atoms with Crippen molar-refractivity contribution in [2.75, 3.05) is 5.32 Å². The smallest absolute Gasteiger partial charge is 0.337 e. The van der Waals surface area contributed by atoms with Crippen LogP contribution in [0, 0.1) is 0 Å². The number of carboxylic acid groups (broad SMARTS) is 1. The lowest BCUT2D eigenvalue weighted by atomic mass is 10.2. The number of thiocarbonyl (C=S) groups is 1. The fourth-order valence-corrected chi connectivity index (χ4v) is 2.17. The summed E-state index contributed by atoms with van der Waals surface area (Å²) in [6.07, 6.45) is 0. The fourth-order valence-electron chi connectivity index (χ4n) is 1.72. The number of halogens is 1. The van der Waals surface area contributed by atoms with E-state index in [9.17, 15) is 4.79 Å². The van der Waals surface area contributed by atoms with Crippen molar-refractivity contribution < 1.29 is 9.90 Å². The van der Waals surface area contributed by atoms with Crippen molar-refractivity contribution in [1.29, 1.82) is 0 Å². The Kier molecular flexibility index (Phi) is 5.14. The summed E-state index contributed by atoms with van der Waals surface area (Å²) in [7, 11) is 0. The third-order valence-electron chi connectivity index (χ3n) is 2.75. The van der Waals surface area contributed by atoms with Crippen molar-refractivity contribution in [3.63, 3.8) is 0 Å². The van der Waals surface area contributed by atoms with Crippen LogP contribution in [0.15, 0.2) is 48.5 Å². The number of hydrogen-bond donors (Lipinski definition) is 3. The molecule has 0 aromatic heterocycles. The molecule has 0 heterocycles. The molecule has 0 aliphatic heterocycles. The summed E-state index contributed by atoms with van der Waals surface area (Å²) in [4.78, 5) is 10.9. The number of anilines is 1. The summed E-state index contributed by atoms with van der Waals surface area (Å²) in [5.74, 6) is -1.06. The Morgan fingerprint density at radius 1 is 1.19 bits per heavy atom. The lowest BCUT2D eigenvalue weighted by Gasteiger charge is -2.11. The summed E-state index contributed by atoms with van der Waals surface area (Å²) < 4.78 is 0. The number of rotatable bonds is 4. The monoisotopic (exact) mass is 320 g/mol. The van der Waals surface area contributed by atoms with Gasteiger partial charge in [0.2, 0.25) is 0 Å². The highest BCUT2D eigenvalue weighted by molar-refractivity contribution is 7.80. The predicted molar refractivity (Wildman–Crippen MR) is 87.9 cm³/mol. The number of benzene rings is 2. The van der Waals surface area contributed by atoms with Crippen LogP contribution in [0.1, 0.15) is 15.9 Å². The van der Waals surface area contributed by atoms with Gasteiger partial charge < -0.3 is 15.7 Å². The van der Waals surface area contributed by atoms with Crippen molar-refractivity contribution in [2.24, 2.45) is 0 Å². The molecular formula is C15H13ClN2O2S. The molecule has 21 heavy (non-hydrogen) atoms. The molecule has 0 unspecified atom stereocenters. The zero-order chi connectivity index (χ0) is 15.2. The van der Waals surface area contributed by atoms with E-state index in [1.54, 1.807) is 6.07 Å². The Labute approximate surface area is 132 Å². The second kappa shape index (κ2) is 7.06. The molecule has 4 nitrogen and oxygen atoms in total. The second-order valence-electron chi connectivity index (χ2n) is 4.29. The number of aromatic carboxylic acids is 1. The standard InChI is InChI=1S/C15H13ClN2O2S/c16-13-8-11(6-7-12(13)14(19)20)18-15(21)17-9-10-4-2-1-3-5-10/h1-8H,9H2,(H,19,20)(H2,17,18,21). The highest BCUT2D eigenvalue weighted by Crippen LogP contribution is 2.20. The van der Waals surface area contributed by atoms with Gasteiger partial charge in [-0.05, 0) is 36.0 Å². The normalized spacial score (nSPS) is 9.95. The van der Waals surface area contributed by atoms with Gasteiger partial charge in [0, 0.05) is 12.2 Å². The molecule has 6 heteroatoms. The Morgan fingerprint density at radius 3 is 2.52 bits per heavy atom. The Morgan fingerprint density at radius 2 is 1.90 bits per heavy atom. The number of carboxylic acids is 1. The molecule has 0 amide bonds. The summed E-state index contributed by atoms with van der Waals surface area (Å²) in [5.41, 5.74) is 1.81. The minimum atomic E-state index is -1.06. The van der Waals surface area contributed by atoms with Crippen LogP contribution in [0.3, 0.4) is 0 Å². The molecule has 2 aromatic carbocycles. The van der Waals surface area contributed by atoms with Crippen LogP contribution in [0.4, 0.5) is 5.69 Å². The van der Waals surface area contributed by atoms with Gasteiger partial charge in [0.25, 0.3) is 0 Å². The summed E-state index contributed by atoms with van der Waals surface area (Å²) in [6.45, 7) is 0.605. The average Bonchev–Trinajstić information content (AvgIpc) is 2.46. The highest BCUT2D eigenvalue weighted by atomic mass is 35.5. The maximum absolute atomic E-state index is 10.9. The van der Waals surface area contributed by atoms with Crippen LogP contribution in [-0.4, -0.2) is 16.2 Å². The maximum atomic E-state index is 10.9. The van der Waals surface area contributed by atoms with Crippen LogP contribution < -0.4 is 10.6 Å². The van der Waals surface area contributed by atoms with Gasteiger partial charge in [-0.3, -0.25) is 0 Å². The van der Waals surface area contributed by atoms with E-state index < -0.39 is 5.97 Å². The van der Waals surface area contributed by atoms with E-state index in [1.165, 1.54) is 12.1 Å². The van der Waals surface area contributed by atoms with Crippen LogP contribution >= 0.6 is 23.8 Å². The molecular weight excluding hydrogens is 308 g/mol. The van der Waals surface area contributed by atoms with Gasteiger partial charge in [0.1, 0.15) is 0 Å². The van der Waals surface area contributed by atoms with Crippen LogP contribution in [0.2, 0.25) is 5.02 Å². The van der Waals surface area contributed by atoms with Crippen molar-refractivity contribution >= 4 is 40.6 Å². The molecule has 0 aliphatic rings. The average molecular weight is 321 g/mol. The van der Waals surface area contributed by atoms with Crippen LogP contribution in [0.25, 0.3) is 0 Å². The van der Waals surface area contributed by atoms with Gasteiger partial charge in [-0.15, -0.1) is 0 Å². The van der Waals surface area contributed by atoms with E-state index in [4.69, 9.17) is 28.9 Å². The van der Waals surface area contributed by atoms with E-state index in [1.807, 2.05) is 30.3 Å². The molecule has 3 N–H and O–H groups in total. The van der Waals surface area contributed by atoms with E-state index in [-0.39, 0.29) is 10.6 Å².